The molecule has 0 radical (unpaired) electrons. The number of hydrogen-bond donors (Lipinski definition) is 2. The number of rotatable bonds is 4. The van der Waals surface area contributed by atoms with Gasteiger partial charge in [-0.2, -0.15) is 0 Å². The fourth-order valence-electron chi connectivity index (χ4n) is 2.86. The van der Waals surface area contributed by atoms with Crippen molar-refractivity contribution in [1.82, 2.24) is 15.6 Å². The van der Waals surface area contributed by atoms with Gasteiger partial charge in [-0.1, -0.05) is 11.6 Å². The number of halogens is 3. The second-order valence-corrected chi connectivity index (χ2v) is 6.20. The fraction of sp³-hybridized carbons (Fsp3) is 0.412. The van der Waals surface area contributed by atoms with Crippen molar-refractivity contribution in [3.63, 3.8) is 0 Å². The van der Waals surface area contributed by atoms with Crippen LogP contribution in [-0.2, 0) is 4.79 Å². The molecule has 0 spiro atoms. The standard InChI is InChI=1S/C17H20ClN3O2.2ClH/c1-11-14(5-3-8-19-11)21-16(22)10-23-15-7-6-13(18)12-4-2-9-20-17(12)15;;/h2,4,6-7,9,11,14,19H,3,5,8,10H2,1H3,(H,21,22);2*1H. The van der Waals surface area contributed by atoms with Gasteiger partial charge in [-0.3, -0.25) is 9.78 Å². The monoisotopic (exact) mass is 405 g/mol. The van der Waals surface area contributed by atoms with Gasteiger partial charge in [-0.25, -0.2) is 0 Å². The van der Waals surface area contributed by atoms with Crippen molar-refractivity contribution in [1.29, 1.82) is 0 Å². The van der Waals surface area contributed by atoms with Crippen LogP contribution in [0.4, 0.5) is 0 Å². The van der Waals surface area contributed by atoms with Crippen molar-refractivity contribution in [3.05, 3.63) is 35.5 Å². The minimum absolute atomic E-state index is 0. The molecule has 2 unspecified atom stereocenters. The van der Waals surface area contributed by atoms with E-state index in [0.717, 1.165) is 24.8 Å². The van der Waals surface area contributed by atoms with Crippen LogP contribution in [0.25, 0.3) is 10.9 Å². The molecule has 1 aromatic heterocycles. The maximum Gasteiger partial charge on any atom is 0.258 e. The van der Waals surface area contributed by atoms with E-state index in [2.05, 4.69) is 22.5 Å². The average Bonchev–Trinajstić information content (AvgIpc) is 2.57. The summed E-state index contributed by atoms with van der Waals surface area (Å²) in [6.45, 7) is 3.06. The van der Waals surface area contributed by atoms with Gasteiger partial charge in [0.05, 0.1) is 5.02 Å². The van der Waals surface area contributed by atoms with Gasteiger partial charge in [-0.15, -0.1) is 24.8 Å². The van der Waals surface area contributed by atoms with Crippen LogP contribution in [0.15, 0.2) is 30.5 Å². The Morgan fingerprint density at radius 3 is 2.96 bits per heavy atom. The molecule has 0 saturated carbocycles. The molecule has 1 saturated heterocycles. The van der Waals surface area contributed by atoms with Crippen molar-refractivity contribution in [2.45, 2.75) is 31.8 Å². The number of aromatic nitrogens is 1. The normalized spacial score (nSPS) is 19.4. The summed E-state index contributed by atoms with van der Waals surface area (Å²) in [6, 6.07) is 7.64. The van der Waals surface area contributed by atoms with Crippen LogP contribution in [0, 0.1) is 0 Å². The summed E-state index contributed by atoms with van der Waals surface area (Å²) in [7, 11) is 0. The fourth-order valence-corrected chi connectivity index (χ4v) is 3.08. The number of amides is 1. The minimum atomic E-state index is -0.121. The largest absolute Gasteiger partial charge is 0.481 e. The lowest BCUT2D eigenvalue weighted by atomic mass is 10.00. The first-order valence-electron chi connectivity index (χ1n) is 7.84. The third-order valence-corrected chi connectivity index (χ3v) is 4.48. The molecule has 1 amide bonds. The lowest BCUT2D eigenvalue weighted by Crippen LogP contribution is -2.52. The zero-order valence-electron chi connectivity index (χ0n) is 13.8. The van der Waals surface area contributed by atoms with Crippen molar-refractivity contribution in [3.8, 4) is 5.75 Å². The van der Waals surface area contributed by atoms with E-state index >= 15 is 0 Å². The molecule has 1 aliphatic rings. The predicted octanol–water partition coefficient (Wildman–Crippen LogP) is 3.37. The summed E-state index contributed by atoms with van der Waals surface area (Å²) < 4.78 is 5.66. The van der Waals surface area contributed by atoms with E-state index in [4.69, 9.17) is 16.3 Å². The van der Waals surface area contributed by atoms with Crippen molar-refractivity contribution in [2.75, 3.05) is 13.2 Å². The van der Waals surface area contributed by atoms with E-state index in [1.54, 1.807) is 18.3 Å². The molecule has 3 rings (SSSR count). The van der Waals surface area contributed by atoms with Gasteiger partial charge in [-0.05, 0) is 50.6 Å². The average molecular weight is 407 g/mol. The van der Waals surface area contributed by atoms with Gasteiger partial charge < -0.3 is 15.4 Å². The van der Waals surface area contributed by atoms with Gasteiger partial charge in [0.15, 0.2) is 6.61 Å². The van der Waals surface area contributed by atoms with Gasteiger partial charge in [0, 0.05) is 23.7 Å². The SMILES string of the molecule is CC1NCCCC1NC(=O)COc1ccc(Cl)c2cccnc12.Cl.Cl. The molecule has 25 heavy (non-hydrogen) atoms. The van der Waals surface area contributed by atoms with Gasteiger partial charge in [0.25, 0.3) is 5.91 Å². The Morgan fingerprint density at radius 1 is 1.40 bits per heavy atom. The molecule has 0 bridgehead atoms. The number of carbonyl (C=O) groups is 1. The third-order valence-electron chi connectivity index (χ3n) is 4.15. The second kappa shape index (κ2) is 10.0. The highest BCUT2D eigenvalue weighted by Crippen LogP contribution is 2.29. The molecule has 1 aliphatic heterocycles. The van der Waals surface area contributed by atoms with E-state index in [1.165, 1.54) is 0 Å². The van der Waals surface area contributed by atoms with E-state index in [1.807, 2.05) is 12.1 Å². The molecule has 138 valence electrons. The van der Waals surface area contributed by atoms with Crippen LogP contribution >= 0.6 is 36.4 Å². The topological polar surface area (TPSA) is 63.2 Å². The van der Waals surface area contributed by atoms with Crippen LogP contribution in [0.5, 0.6) is 5.75 Å². The summed E-state index contributed by atoms with van der Waals surface area (Å²) in [4.78, 5) is 16.4. The molecular formula is C17H22Cl3N3O2. The Kier molecular flexibility index (Phi) is 8.73. The number of benzene rings is 1. The molecule has 1 fully saturated rings. The Bertz CT molecular complexity index is 715. The van der Waals surface area contributed by atoms with Crippen LogP contribution in [0.1, 0.15) is 19.8 Å². The van der Waals surface area contributed by atoms with Crippen LogP contribution < -0.4 is 15.4 Å². The quantitative estimate of drug-likeness (QED) is 0.817. The maximum atomic E-state index is 12.1. The zero-order valence-corrected chi connectivity index (χ0v) is 16.2. The predicted molar refractivity (Wildman–Crippen MR) is 105 cm³/mol. The Balaban J connectivity index is 0.00000156. The summed E-state index contributed by atoms with van der Waals surface area (Å²) >= 11 is 6.15. The number of nitrogens with zero attached hydrogens (tertiary/aromatic N) is 1. The first-order valence-corrected chi connectivity index (χ1v) is 8.22. The van der Waals surface area contributed by atoms with E-state index in [0.29, 0.717) is 16.3 Å². The third kappa shape index (κ3) is 5.35. The molecule has 2 atom stereocenters. The van der Waals surface area contributed by atoms with Crippen molar-refractivity contribution < 1.29 is 9.53 Å². The molecule has 2 aromatic rings. The summed E-state index contributed by atoms with van der Waals surface area (Å²) in [5.41, 5.74) is 0.667. The molecule has 5 nitrogen and oxygen atoms in total. The van der Waals surface area contributed by atoms with E-state index in [9.17, 15) is 4.79 Å². The lowest BCUT2D eigenvalue weighted by Gasteiger charge is -2.30. The second-order valence-electron chi connectivity index (χ2n) is 5.79. The number of piperidine rings is 1. The zero-order chi connectivity index (χ0) is 16.2. The molecule has 2 heterocycles. The number of pyridine rings is 1. The van der Waals surface area contributed by atoms with Crippen molar-refractivity contribution in [2.24, 2.45) is 0 Å². The molecular weight excluding hydrogens is 385 g/mol. The van der Waals surface area contributed by atoms with Gasteiger partial charge in [0.1, 0.15) is 11.3 Å². The number of nitrogens with one attached hydrogen (secondary N) is 2. The first kappa shape index (κ1) is 21.8. The Labute approximate surface area is 164 Å². The molecule has 2 N–H and O–H groups in total. The smallest absolute Gasteiger partial charge is 0.258 e. The molecule has 1 aromatic carbocycles. The maximum absolute atomic E-state index is 12.1. The van der Waals surface area contributed by atoms with Crippen LogP contribution in [0.2, 0.25) is 5.02 Å². The summed E-state index contributed by atoms with van der Waals surface area (Å²) in [5, 5.41) is 7.82. The number of carbonyl (C=O) groups excluding carboxylic acids is 1. The number of ether oxygens (including phenoxy) is 1. The van der Waals surface area contributed by atoms with Crippen LogP contribution in [-0.4, -0.2) is 36.1 Å². The summed E-state index contributed by atoms with van der Waals surface area (Å²) in [5.74, 6) is 0.444. The van der Waals surface area contributed by atoms with Crippen molar-refractivity contribution >= 4 is 53.2 Å². The lowest BCUT2D eigenvalue weighted by molar-refractivity contribution is -0.124. The highest BCUT2D eigenvalue weighted by Gasteiger charge is 2.22. The summed E-state index contributed by atoms with van der Waals surface area (Å²) in [6.07, 6.45) is 3.74. The highest BCUT2D eigenvalue weighted by molar-refractivity contribution is 6.35. The Morgan fingerprint density at radius 2 is 2.20 bits per heavy atom. The first-order chi connectivity index (χ1) is 11.1. The number of fused-ring (bicyclic) bond motifs is 1. The molecule has 0 aliphatic carbocycles. The highest BCUT2D eigenvalue weighted by atomic mass is 35.5. The van der Waals surface area contributed by atoms with E-state index in [-0.39, 0.29) is 49.4 Å². The number of hydrogen-bond acceptors (Lipinski definition) is 4. The van der Waals surface area contributed by atoms with Gasteiger partial charge in [0.2, 0.25) is 0 Å². The molecule has 8 heteroatoms. The van der Waals surface area contributed by atoms with Crippen LogP contribution in [0.3, 0.4) is 0 Å². The Hall–Kier alpha value is -1.27. The van der Waals surface area contributed by atoms with E-state index < -0.39 is 0 Å². The minimum Gasteiger partial charge on any atom is -0.481 e. The van der Waals surface area contributed by atoms with Gasteiger partial charge >= 0.3 is 0 Å².